The summed E-state index contributed by atoms with van der Waals surface area (Å²) in [5.41, 5.74) is 3.85. The number of carbonyl (C=O) groups is 1. The number of hydrogen-bond donors (Lipinski definition) is 0. The number of amides is 1. The van der Waals surface area contributed by atoms with Crippen LogP contribution >= 0.6 is 0 Å². The summed E-state index contributed by atoms with van der Waals surface area (Å²) in [6.07, 6.45) is 5.02. The Kier molecular flexibility index (Phi) is 4.84. The van der Waals surface area contributed by atoms with Crippen LogP contribution in [-0.2, 0) is 11.3 Å². The van der Waals surface area contributed by atoms with Crippen LogP contribution in [0.25, 0.3) is 11.8 Å². The fourth-order valence-corrected chi connectivity index (χ4v) is 2.71. The van der Waals surface area contributed by atoms with Crippen molar-refractivity contribution in [2.24, 2.45) is 0 Å². The zero-order valence-corrected chi connectivity index (χ0v) is 14.6. The summed E-state index contributed by atoms with van der Waals surface area (Å²) in [5, 5.41) is 4.59. The van der Waals surface area contributed by atoms with Crippen molar-refractivity contribution in [3.63, 3.8) is 0 Å². The van der Waals surface area contributed by atoms with Crippen molar-refractivity contribution >= 4 is 12.0 Å². The second-order valence-corrected chi connectivity index (χ2v) is 5.94. The normalized spacial score (nSPS) is 11.2. The lowest BCUT2D eigenvalue weighted by Crippen LogP contribution is -2.23. The molecule has 5 heteroatoms. The molecule has 0 unspecified atom stereocenters. The summed E-state index contributed by atoms with van der Waals surface area (Å²) >= 11 is 0. The zero-order chi connectivity index (χ0) is 17.8. The van der Waals surface area contributed by atoms with Crippen LogP contribution in [0.5, 0.6) is 0 Å². The van der Waals surface area contributed by atoms with E-state index < -0.39 is 0 Å². The molecule has 0 bridgehead atoms. The van der Waals surface area contributed by atoms with Crippen LogP contribution in [0, 0.1) is 13.8 Å². The predicted molar refractivity (Wildman–Crippen MR) is 97.3 cm³/mol. The average Bonchev–Trinajstić information content (AvgIpc) is 3.22. The highest BCUT2D eigenvalue weighted by atomic mass is 16.3. The van der Waals surface area contributed by atoms with Gasteiger partial charge < -0.3 is 9.32 Å². The van der Waals surface area contributed by atoms with Crippen molar-refractivity contribution in [2.75, 3.05) is 7.05 Å². The van der Waals surface area contributed by atoms with Gasteiger partial charge in [0.2, 0.25) is 5.91 Å². The Labute approximate surface area is 147 Å². The van der Waals surface area contributed by atoms with Gasteiger partial charge in [0.05, 0.1) is 24.2 Å². The lowest BCUT2D eigenvalue weighted by Gasteiger charge is -2.12. The van der Waals surface area contributed by atoms with Crippen LogP contribution < -0.4 is 0 Å². The molecule has 5 nitrogen and oxygen atoms in total. The highest BCUT2D eigenvalue weighted by molar-refractivity contribution is 5.91. The molecule has 0 saturated carbocycles. The minimum Gasteiger partial charge on any atom is -0.467 e. The molecule has 2 heterocycles. The molecule has 0 fully saturated rings. The highest BCUT2D eigenvalue weighted by Gasteiger charge is 2.12. The van der Waals surface area contributed by atoms with E-state index in [4.69, 9.17) is 4.42 Å². The Morgan fingerprint density at radius 2 is 1.96 bits per heavy atom. The fraction of sp³-hybridized carbons (Fsp3) is 0.200. The third kappa shape index (κ3) is 3.71. The minimum atomic E-state index is -0.0809. The summed E-state index contributed by atoms with van der Waals surface area (Å²) in [6, 6.07) is 13.6. The van der Waals surface area contributed by atoms with Crippen molar-refractivity contribution in [2.45, 2.75) is 20.4 Å². The fourth-order valence-electron chi connectivity index (χ4n) is 2.71. The van der Waals surface area contributed by atoms with E-state index in [0.717, 1.165) is 28.4 Å². The first-order valence-electron chi connectivity index (χ1n) is 8.13. The first-order valence-corrected chi connectivity index (χ1v) is 8.13. The number of hydrogen-bond acceptors (Lipinski definition) is 3. The zero-order valence-electron chi connectivity index (χ0n) is 14.6. The Morgan fingerprint density at radius 1 is 1.20 bits per heavy atom. The van der Waals surface area contributed by atoms with Crippen LogP contribution in [0.1, 0.15) is 22.7 Å². The number of rotatable bonds is 5. The number of para-hydroxylation sites is 1. The largest absolute Gasteiger partial charge is 0.467 e. The minimum absolute atomic E-state index is 0.0809. The van der Waals surface area contributed by atoms with Crippen molar-refractivity contribution in [3.05, 3.63) is 77.5 Å². The molecule has 0 aliphatic carbocycles. The quantitative estimate of drug-likeness (QED) is 0.667. The van der Waals surface area contributed by atoms with E-state index in [1.165, 1.54) is 0 Å². The lowest BCUT2D eigenvalue weighted by molar-refractivity contribution is -0.125. The van der Waals surface area contributed by atoms with Gasteiger partial charge in [-0.1, -0.05) is 18.2 Å². The van der Waals surface area contributed by atoms with Crippen molar-refractivity contribution in [1.82, 2.24) is 14.7 Å². The molecule has 0 radical (unpaired) electrons. The van der Waals surface area contributed by atoms with Crippen LogP contribution in [-0.4, -0.2) is 27.6 Å². The summed E-state index contributed by atoms with van der Waals surface area (Å²) < 4.78 is 7.17. The number of benzene rings is 1. The number of nitrogens with zero attached hydrogens (tertiary/aromatic N) is 3. The molecule has 0 N–H and O–H groups in total. The SMILES string of the molecule is Cc1nn(-c2ccccc2)c(C)c1/C=C/C(=O)N(C)Cc1ccco1. The summed E-state index contributed by atoms with van der Waals surface area (Å²) in [6.45, 7) is 4.39. The molecule has 2 aromatic heterocycles. The summed E-state index contributed by atoms with van der Waals surface area (Å²) in [4.78, 5) is 13.9. The maximum atomic E-state index is 12.3. The van der Waals surface area contributed by atoms with Crippen LogP contribution in [0.15, 0.2) is 59.2 Å². The number of carbonyl (C=O) groups excluding carboxylic acids is 1. The molecule has 25 heavy (non-hydrogen) atoms. The van der Waals surface area contributed by atoms with Gasteiger partial charge in [-0.25, -0.2) is 4.68 Å². The molecular formula is C20H21N3O2. The Bertz CT molecular complexity index is 877. The summed E-state index contributed by atoms with van der Waals surface area (Å²) in [5.74, 6) is 0.677. The van der Waals surface area contributed by atoms with Crippen LogP contribution in [0.4, 0.5) is 0 Å². The molecule has 3 rings (SSSR count). The smallest absolute Gasteiger partial charge is 0.246 e. The van der Waals surface area contributed by atoms with E-state index in [-0.39, 0.29) is 5.91 Å². The molecular weight excluding hydrogens is 314 g/mol. The Hall–Kier alpha value is -3.08. The highest BCUT2D eigenvalue weighted by Crippen LogP contribution is 2.19. The van der Waals surface area contributed by atoms with E-state index in [1.54, 1.807) is 24.3 Å². The van der Waals surface area contributed by atoms with Gasteiger partial charge in [-0.3, -0.25) is 4.79 Å². The standard InChI is InChI=1S/C20H21N3O2/c1-15-19(16(2)23(21-15)17-8-5-4-6-9-17)11-12-20(24)22(3)14-18-10-7-13-25-18/h4-13H,14H2,1-3H3/b12-11+. The second kappa shape index (κ2) is 7.21. The molecule has 0 aliphatic heterocycles. The predicted octanol–water partition coefficient (Wildman–Crippen LogP) is 3.75. The number of aryl methyl sites for hydroxylation is 1. The maximum absolute atomic E-state index is 12.3. The molecule has 0 spiro atoms. The molecule has 0 aliphatic rings. The number of aromatic nitrogens is 2. The van der Waals surface area contributed by atoms with Crippen LogP contribution in [0.2, 0.25) is 0 Å². The molecule has 1 aromatic carbocycles. The molecule has 1 amide bonds. The Morgan fingerprint density at radius 3 is 2.64 bits per heavy atom. The Balaban J connectivity index is 1.77. The average molecular weight is 335 g/mol. The van der Waals surface area contributed by atoms with Gasteiger partial charge in [0.1, 0.15) is 5.76 Å². The van der Waals surface area contributed by atoms with E-state index in [2.05, 4.69) is 5.10 Å². The van der Waals surface area contributed by atoms with Gasteiger partial charge in [0.15, 0.2) is 0 Å². The van der Waals surface area contributed by atoms with Gasteiger partial charge in [-0.05, 0) is 44.2 Å². The van der Waals surface area contributed by atoms with E-state index in [1.807, 2.05) is 67.1 Å². The van der Waals surface area contributed by atoms with Gasteiger partial charge in [-0.15, -0.1) is 0 Å². The van der Waals surface area contributed by atoms with Gasteiger partial charge in [-0.2, -0.15) is 5.10 Å². The van der Waals surface area contributed by atoms with Gasteiger partial charge in [0, 0.05) is 24.4 Å². The van der Waals surface area contributed by atoms with Crippen molar-refractivity contribution in [3.8, 4) is 5.69 Å². The molecule has 0 atom stereocenters. The number of furan rings is 1. The van der Waals surface area contributed by atoms with E-state index in [0.29, 0.717) is 6.54 Å². The molecule has 3 aromatic rings. The number of likely N-dealkylation sites (N-methyl/N-ethyl adjacent to an activating group) is 1. The van der Waals surface area contributed by atoms with E-state index >= 15 is 0 Å². The summed E-state index contributed by atoms with van der Waals surface area (Å²) in [7, 11) is 1.75. The molecule has 128 valence electrons. The first-order chi connectivity index (χ1) is 12.1. The topological polar surface area (TPSA) is 51.3 Å². The van der Waals surface area contributed by atoms with Crippen LogP contribution in [0.3, 0.4) is 0 Å². The van der Waals surface area contributed by atoms with Gasteiger partial charge >= 0.3 is 0 Å². The monoisotopic (exact) mass is 335 g/mol. The maximum Gasteiger partial charge on any atom is 0.246 e. The molecule has 0 saturated heterocycles. The lowest BCUT2D eigenvalue weighted by atomic mass is 10.2. The second-order valence-electron chi connectivity index (χ2n) is 5.94. The first kappa shape index (κ1) is 16.8. The van der Waals surface area contributed by atoms with Crippen molar-refractivity contribution in [1.29, 1.82) is 0 Å². The van der Waals surface area contributed by atoms with Crippen molar-refractivity contribution < 1.29 is 9.21 Å². The van der Waals surface area contributed by atoms with E-state index in [9.17, 15) is 4.79 Å². The van der Waals surface area contributed by atoms with Gasteiger partial charge in [0.25, 0.3) is 0 Å². The third-order valence-corrected chi connectivity index (χ3v) is 4.09. The third-order valence-electron chi connectivity index (χ3n) is 4.09.